The van der Waals surface area contributed by atoms with Crippen molar-refractivity contribution in [3.63, 3.8) is 0 Å². The quantitative estimate of drug-likeness (QED) is 0.0696. The molecule has 1 aliphatic rings. The molecule has 0 aromatic heterocycles. The first kappa shape index (κ1) is 39.6. The molecule has 0 atom stereocenters. The molecular formula is C48H48Cl2NO2Ru-. The summed E-state index contributed by atoms with van der Waals surface area (Å²) in [7, 11) is 11.6. The third-order valence-corrected chi connectivity index (χ3v) is 11.2. The van der Waals surface area contributed by atoms with Gasteiger partial charge in [0.25, 0.3) is 0 Å². The largest absolute Gasteiger partial charge is 0.647 e. The number of halogens is 2. The predicted octanol–water partition coefficient (Wildman–Crippen LogP) is 12.5. The summed E-state index contributed by atoms with van der Waals surface area (Å²) < 4.78 is 14.4. The van der Waals surface area contributed by atoms with Crippen molar-refractivity contribution in [2.24, 2.45) is 0 Å². The van der Waals surface area contributed by atoms with Crippen LogP contribution >= 0.6 is 19.4 Å². The summed E-state index contributed by atoms with van der Waals surface area (Å²) in [6, 6.07) is 55.8. The maximum Gasteiger partial charge on any atom is 0.0942 e. The third kappa shape index (κ3) is 10.8. The fraction of sp³-hybridized carbons (Fsp3) is 0.208. The summed E-state index contributed by atoms with van der Waals surface area (Å²) in [4.78, 5) is 2.31. The molecule has 1 fully saturated rings. The molecule has 280 valence electrons. The van der Waals surface area contributed by atoms with Gasteiger partial charge in [0.2, 0.25) is 0 Å². The van der Waals surface area contributed by atoms with Crippen LogP contribution in [0.2, 0.25) is 0 Å². The van der Waals surface area contributed by atoms with Gasteiger partial charge in [-0.25, -0.2) is 0 Å². The zero-order valence-electron chi connectivity index (χ0n) is 31.1. The molecule has 3 nitrogen and oxygen atoms in total. The van der Waals surface area contributed by atoms with Crippen LogP contribution in [0.5, 0.6) is 11.5 Å². The molecule has 0 bridgehead atoms. The molecule has 1 aliphatic heterocycles. The van der Waals surface area contributed by atoms with Crippen LogP contribution in [-0.2, 0) is 13.5 Å². The van der Waals surface area contributed by atoms with E-state index in [1.807, 2.05) is 49.5 Å². The van der Waals surface area contributed by atoms with Gasteiger partial charge in [-0.15, -0.1) is 0 Å². The van der Waals surface area contributed by atoms with E-state index in [0.717, 1.165) is 30.2 Å². The van der Waals surface area contributed by atoms with Crippen molar-refractivity contribution < 1.29 is 23.0 Å². The minimum atomic E-state index is -1.77. The monoisotopic (exact) mass is 842 g/mol. The average Bonchev–Trinajstić information content (AvgIpc) is 3.71. The molecule has 7 rings (SSSR count). The number of likely N-dealkylation sites (tertiary alicyclic amines) is 1. The fourth-order valence-corrected chi connectivity index (χ4v) is 8.87. The van der Waals surface area contributed by atoms with Gasteiger partial charge in [0.15, 0.2) is 0 Å². The summed E-state index contributed by atoms with van der Waals surface area (Å²) in [5.41, 5.74) is 9.63. The van der Waals surface area contributed by atoms with Gasteiger partial charge in [0.05, 0.1) is 5.75 Å². The number of hydrogen-bond acceptors (Lipinski definition) is 3. The molecule has 1 saturated heterocycles. The maximum atomic E-state index is 6.86. The molecule has 0 aliphatic carbocycles. The van der Waals surface area contributed by atoms with Crippen molar-refractivity contribution in [3.8, 4) is 11.5 Å². The van der Waals surface area contributed by atoms with Crippen molar-refractivity contribution in [2.75, 3.05) is 13.1 Å². The average molecular weight is 843 g/mol. The van der Waals surface area contributed by atoms with Crippen LogP contribution in [0.15, 0.2) is 158 Å². The number of aryl methyl sites for hydroxylation is 1. The summed E-state index contributed by atoms with van der Waals surface area (Å²) in [6.45, 7) is 10.3. The van der Waals surface area contributed by atoms with Gasteiger partial charge < -0.3 is 9.64 Å². The second-order valence-corrected chi connectivity index (χ2v) is 19.5. The normalized spacial score (nSPS) is 13.1. The minimum Gasteiger partial charge on any atom is -0.647 e. The van der Waals surface area contributed by atoms with Crippen molar-refractivity contribution in [3.05, 3.63) is 209 Å². The minimum absolute atomic E-state index is 0.0372. The molecule has 0 unspecified atom stereocenters. The predicted molar refractivity (Wildman–Crippen MR) is 224 cm³/mol. The molecular weight excluding hydrogens is 795 g/mol. The number of nitrogens with zero attached hydrogens (tertiary/aromatic N) is 1. The van der Waals surface area contributed by atoms with Gasteiger partial charge in [-0.05, 0) is 55.1 Å². The Bertz CT molecular complexity index is 1880. The number of benzene rings is 6. The fourth-order valence-electron chi connectivity index (χ4n) is 7.06. The zero-order valence-corrected chi connectivity index (χ0v) is 34.3. The zero-order chi connectivity index (χ0) is 37.7. The van der Waals surface area contributed by atoms with Crippen LogP contribution in [-0.4, -0.2) is 28.7 Å². The molecule has 6 aromatic rings. The number of hydrogen-bond donors (Lipinski definition) is 0. The van der Waals surface area contributed by atoms with E-state index >= 15 is 0 Å². The third-order valence-electron chi connectivity index (χ3n) is 9.37. The van der Waals surface area contributed by atoms with E-state index in [9.17, 15) is 0 Å². The van der Waals surface area contributed by atoms with E-state index < -0.39 is 13.5 Å². The Morgan fingerprint density at radius 1 is 0.611 bits per heavy atom. The first-order valence-corrected chi connectivity index (χ1v) is 24.0. The van der Waals surface area contributed by atoms with E-state index in [1.54, 1.807) is 0 Å². The van der Waals surface area contributed by atoms with Gasteiger partial charge in [-0.2, -0.15) is 0 Å². The van der Waals surface area contributed by atoms with Gasteiger partial charge >= 0.3 is 97.8 Å². The maximum absolute atomic E-state index is 6.86. The van der Waals surface area contributed by atoms with E-state index in [2.05, 4.69) is 145 Å². The summed E-state index contributed by atoms with van der Waals surface area (Å²) in [6.07, 6.45) is 2.58. The molecule has 0 spiro atoms. The smallest absolute Gasteiger partial charge is 0.0942 e. The van der Waals surface area contributed by atoms with Crippen LogP contribution in [0.25, 0.3) is 0 Å². The Hall–Kier alpha value is -4.05. The number of ether oxygens (including phenoxy) is 2. The standard InChI is InChI=1S/C38H36NO.C10H12O.2ClH.Ru/c1-29-26-34(36(30-16-6-2-7-17-30)31-18-8-3-9-19-31)38(40-28-39-24-14-15-25-39)35(27-29)37(32-20-10-4-11-21-32)33-22-12-5-13-23-33;1-8(2)11-10-7-5-4-6-9(10)3;;;/h2-13,16-23,26-28,36-37H,14-15,24-25H2,1H3;3-8H,1-2H3;2*1H;/q-1;;;;+2/p-2. The molecule has 6 aromatic carbocycles. The first-order valence-electron chi connectivity index (χ1n) is 18.5. The van der Waals surface area contributed by atoms with Crippen molar-refractivity contribution in [1.82, 2.24) is 4.90 Å². The summed E-state index contributed by atoms with van der Waals surface area (Å²) in [5.74, 6) is 1.88. The van der Waals surface area contributed by atoms with Crippen molar-refractivity contribution >= 4 is 24.0 Å². The SMILES string of the molecule is CC(C)Oc1ccccc1[CH]=[Ru]([Cl])[Cl].Cc1cc(C(c2ccccc2)c2ccccc2)c(O[CH-]N2CCCC2)c(C(c2ccccc2)c2ccccc2)c1. The van der Waals surface area contributed by atoms with Gasteiger partial charge in [-0.3, -0.25) is 0 Å². The van der Waals surface area contributed by atoms with Gasteiger partial charge in [0, 0.05) is 23.0 Å². The van der Waals surface area contributed by atoms with Crippen molar-refractivity contribution in [2.45, 2.75) is 51.6 Å². The topological polar surface area (TPSA) is 21.7 Å². The van der Waals surface area contributed by atoms with Crippen LogP contribution in [0.4, 0.5) is 0 Å². The van der Waals surface area contributed by atoms with E-state index in [0.29, 0.717) is 0 Å². The molecule has 1 heterocycles. The Morgan fingerprint density at radius 2 is 1.02 bits per heavy atom. The molecule has 6 heteroatoms. The van der Waals surface area contributed by atoms with Crippen LogP contribution in [0, 0.1) is 13.7 Å². The van der Waals surface area contributed by atoms with E-state index in [4.69, 9.17) is 28.9 Å². The van der Waals surface area contributed by atoms with Crippen LogP contribution in [0.1, 0.15) is 83.0 Å². The molecule has 0 radical (unpaired) electrons. The Kier molecular flexibility index (Phi) is 14.7. The van der Waals surface area contributed by atoms with Crippen LogP contribution in [0.3, 0.4) is 0 Å². The second-order valence-electron chi connectivity index (χ2n) is 13.8. The second kappa shape index (κ2) is 20.0. The summed E-state index contributed by atoms with van der Waals surface area (Å²) >= 11 is -1.77. The Morgan fingerprint density at radius 3 is 1.43 bits per heavy atom. The number of rotatable bonds is 12. The molecule has 0 N–H and O–H groups in total. The Labute approximate surface area is 335 Å². The van der Waals surface area contributed by atoms with Gasteiger partial charge in [-0.1, -0.05) is 146 Å². The van der Waals surface area contributed by atoms with E-state index in [-0.39, 0.29) is 17.9 Å². The molecule has 0 saturated carbocycles. The van der Waals surface area contributed by atoms with Crippen LogP contribution < -0.4 is 9.47 Å². The van der Waals surface area contributed by atoms with Crippen molar-refractivity contribution in [1.29, 1.82) is 0 Å². The molecule has 0 amide bonds. The Balaban J connectivity index is 0.000000300. The van der Waals surface area contributed by atoms with Gasteiger partial charge in [0.1, 0.15) is 0 Å². The van der Waals surface area contributed by atoms with E-state index in [1.165, 1.54) is 51.8 Å². The number of para-hydroxylation sites is 1. The first-order chi connectivity index (χ1) is 26.4. The summed E-state index contributed by atoms with van der Waals surface area (Å²) in [5, 5.41) is 0. The molecule has 54 heavy (non-hydrogen) atoms.